The normalized spacial score (nSPS) is 15.6. The van der Waals surface area contributed by atoms with E-state index >= 15 is 0 Å². The average Bonchev–Trinajstić information content (AvgIpc) is 3.42. The summed E-state index contributed by atoms with van der Waals surface area (Å²) in [6.45, 7) is 2.78. The van der Waals surface area contributed by atoms with E-state index in [1.54, 1.807) is 5.51 Å². The fourth-order valence-corrected chi connectivity index (χ4v) is 4.39. The Morgan fingerprint density at radius 1 is 1.04 bits per heavy atom. The Balaban J connectivity index is 1.50. The van der Waals surface area contributed by atoms with E-state index in [4.69, 9.17) is 0 Å². The highest BCUT2D eigenvalue weighted by atomic mass is 32.1. The van der Waals surface area contributed by atoms with Crippen LogP contribution in [0, 0.1) is 0 Å². The molecule has 1 aliphatic rings. The molecule has 1 unspecified atom stereocenters. The van der Waals surface area contributed by atoms with Gasteiger partial charge in [-0.1, -0.05) is 60.7 Å². The Labute approximate surface area is 163 Å². The number of nitrogens with one attached hydrogen (secondary N) is 1. The van der Waals surface area contributed by atoms with Crippen molar-refractivity contribution in [1.29, 1.82) is 0 Å². The first-order valence-electron chi connectivity index (χ1n) is 9.39. The topological polar surface area (TPSA) is 45.2 Å². The zero-order chi connectivity index (χ0) is 18.5. The molecule has 0 saturated carbocycles. The van der Waals surface area contributed by atoms with Gasteiger partial charge in [0.05, 0.1) is 17.2 Å². The van der Waals surface area contributed by atoms with Crippen molar-refractivity contribution in [3.8, 4) is 11.3 Å². The van der Waals surface area contributed by atoms with Crippen LogP contribution in [0.4, 0.5) is 0 Å². The smallest absolute Gasteiger partial charge is 0.263 e. The lowest BCUT2D eigenvalue weighted by molar-refractivity contribution is 0.0942. The van der Waals surface area contributed by atoms with Crippen molar-refractivity contribution in [2.45, 2.75) is 18.9 Å². The zero-order valence-corrected chi connectivity index (χ0v) is 16.0. The predicted molar refractivity (Wildman–Crippen MR) is 110 cm³/mol. The summed E-state index contributed by atoms with van der Waals surface area (Å²) in [7, 11) is 0. The standard InChI is InChI=1S/C22H23N3OS/c26-22(21-20(24-16-27-21)18-11-5-2-6-12-18)23-15-19(25-13-7-8-14-25)17-9-3-1-4-10-17/h1-6,9-12,16,19H,7-8,13-15H2,(H,23,26). The van der Waals surface area contributed by atoms with Crippen molar-refractivity contribution in [2.75, 3.05) is 19.6 Å². The first-order chi connectivity index (χ1) is 13.3. The molecule has 0 radical (unpaired) electrons. The predicted octanol–water partition coefficient (Wildman–Crippen LogP) is 4.38. The molecule has 1 N–H and O–H groups in total. The van der Waals surface area contributed by atoms with E-state index in [2.05, 4.69) is 39.5 Å². The van der Waals surface area contributed by atoms with E-state index in [1.165, 1.54) is 29.7 Å². The molecular weight excluding hydrogens is 354 g/mol. The van der Waals surface area contributed by atoms with Crippen molar-refractivity contribution in [1.82, 2.24) is 15.2 Å². The Morgan fingerprint density at radius 3 is 2.41 bits per heavy atom. The maximum Gasteiger partial charge on any atom is 0.263 e. The van der Waals surface area contributed by atoms with Crippen LogP contribution >= 0.6 is 11.3 Å². The van der Waals surface area contributed by atoms with Crippen molar-refractivity contribution in [2.24, 2.45) is 0 Å². The highest BCUT2D eigenvalue weighted by molar-refractivity contribution is 7.12. The lowest BCUT2D eigenvalue weighted by Crippen LogP contribution is -2.36. The summed E-state index contributed by atoms with van der Waals surface area (Å²) in [6.07, 6.45) is 2.45. The third kappa shape index (κ3) is 4.10. The Kier molecular flexibility index (Phi) is 5.61. The molecule has 2 aromatic carbocycles. The highest BCUT2D eigenvalue weighted by Crippen LogP contribution is 2.27. The van der Waals surface area contributed by atoms with Crippen LogP contribution in [0.25, 0.3) is 11.3 Å². The number of amides is 1. The van der Waals surface area contributed by atoms with Gasteiger partial charge >= 0.3 is 0 Å². The third-order valence-corrected chi connectivity index (χ3v) is 5.87. The quantitative estimate of drug-likeness (QED) is 0.693. The van der Waals surface area contributed by atoms with Gasteiger partial charge in [0, 0.05) is 12.1 Å². The van der Waals surface area contributed by atoms with Crippen LogP contribution in [0.15, 0.2) is 66.2 Å². The van der Waals surface area contributed by atoms with Crippen molar-refractivity contribution < 1.29 is 4.79 Å². The molecule has 4 nitrogen and oxygen atoms in total. The fraction of sp³-hybridized carbons (Fsp3) is 0.273. The van der Waals surface area contributed by atoms with Crippen LogP contribution in [0.2, 0.25) is 0 Å². The molecule has 1 aromatic heterocycles. The summed E-state index contributed by atoms with van der Waals surface area (Å²) in [4.78, 5) is 20.5. The van der Waals surface area contributed by atoms with E-state index in [1.807, 2.05) is 36.4 Å². The van der Waals surface area contributed by atoms with E-state index < -0.39 is 0 Å². The number of carbonyl (C=O) groups excluding carboxylic acids is 1. The molecule has 0 spiro atoms. The van der Waals surface area contributed by atoms with Gasteiger partial charge in [-0.3, -0.25) is 9.69 Å². The average molecular weight is 378 g/mol. The van der Waals surface area contributed by atoms with Crippen LogP contribution in [-0.2, 0) is 0 Å². The number of hydrogen-bond acceptors (Lipinski definition) is 4. The molecule has 1 atom stereocenters. The van der Waals surface area contributed by atoms with Crippen molar-refractivity contribution >= 4 is 17.2 Å². The van der Waals surface area contributed by atoms with E-state index in [-0.39, 0.29) is 11.9 Å². The summed E-state index contributed by atoms with van der Waals surface area (Å²) in [5, 5.41) is 3.16. The van der Waals surface area contributed by atoms with Gasteiger partial charge in [0.15, 0.2) is 0 Å². The lowest BCUT2D eigenvalue weighted by atomic mass is 10.1. The minimum absolute atomic E-state index is 0.0449. The number of nitrogens with zero attached hydrogens (tertiary/aromatic N) is 2. The van der Waals surface area contributed by atoms with Gasteiger partial charge in [-0.25, -0.2) is 4.98 Å². The second-order valence-electron chi connectivity index (χ2n) is 6.78. The molecule has 27 heavy (non-hydrogen) atoms. The largest absolute Gasteiger partial charge is 0.349 e. The third-order valence-electron chi connectivity index (χ3n) is 5.04. The van der Waals surface area contributed by atoms with Gasteiger partial charge < -0.3 is 5.32 Å². The monoisotopic (exact) mass is 377 g/mol. The summed E-state index contributed by atoms with van der Waals surface area (Å²) in [5.41, 5.74) is 4.73. The fourth-order valence-electron chi connectivity index (χ4n) is 3.66. The number of carbonyl (C=O) groups is 1. The molecule has 1 amide bonds. The summed E-state index contributed by atoms with van der Waals surface area (Å²) >= 11 is 1.40. The molecule has 1 saturated heterocycles. The van der Waals surface area contributed by atoms with Crippen LogP contribution in [0.3, 0.4) is 0 Å². The maximum absolute atomic E-state index is 12.9. The lowest BCUT2D eigenvalue weighted by Gasteiger charge is -2.28. The van der Waals surface area contributed by atoms with E-state index in [0.29, 0.717) is 11.4 Å². The van der Waals surface area contributed by atoms with E-state index in [9.17, 15) is 4.79 Å². The molecule has 5 heteroatoms. The van der Waals surface area contributed by atoms with Crippen LogP contribution in [0.5, 0.6) is 0 Å². The molecule has 2 heterocycles. The maximum atomic E-state index is 12.9. The summed E-state index contributed by atoms with van der Waals surface area (Å²) in [6, 6.07) is 20.6. The molecule has 1 fully saturated rings. The number of hydrogen-bond donors (Lipinski definition) is 1. The molecular formula is C22H23N3OS. The molecule has 0 bridgehead atoms. The minimum atomic E-state index is -0.0449. The molecule has 3 aromatic rings. The summed E-state index contributed by atoms with van der Waals surface area (Å²) in [5.74, 6) is -0.0449. The first-order valence-corrected chi connectivity index (χ1v) is 10.3. The molecule has 138 valence electrons. The number of aromatic nitrogens is 1. The molecule has 1 aliphatic heterocycles. The van der Waals surface area contributed by atoms with E-state index in [0.717, 1.165) is 24.3 Å². The highest BCUT2D eigenvalue weighted by Gasteiger charge is 2.25. The van der Waals surface area contributed by atoms with Crippen molar-refractivity contribution in [3.05, 3.63) is 76.6 Å². The van der Waals surface area contributed by atoms with Gasteiger partial charge in [-0.15, -0.1) is 11.3 Å². The number of thiazole rings is 1. The molecule has 4 rings (SSSR count). The van der Waals surface area contributed by atoms with Crippen LogP contribution in [-0.4, -0.2) is 35.4 Å². The second kappa shape index (κ2) is 8.46. The number of rotatable bonds is 6. The molecule has 0 aliphatic carbocycles. The van der Waals surface area contributed by atoms with Gasteiger partial charge in [0.25, 0.3) is 5.91 Å². The SMILES string of the molecule is O=C(NCC(c1ccccc1)N1CCCC1)c1scnc1-c1ccccc1. The number of likely N-dealkylation sites (tertiary alicyclic amines) is 1. The van der Waals surface area contributed by atoms with Gasteiger partial charge in [-0.05, 0) is 31.5 Å². The van der Waals surface area contributed by atoms with Crippen LogP contribution < -0.4 is 5.32 Å². The second-order valence-corrected chi connectivity index (χ2v) is 7.63. The Bertz CT molecular complexity index is 873. The van der Waals surface area contributed by atoms with Crippen molar-refractivity contribution in [3.63, 3.8) is 0 Å². The Hall–Kier alpha value is -2.50. The van der Waals surface area contributed by atoms with Gasteiger partial charge in [-0.2, -0.15) is 0 Å². The van der Waals surface area contributed by atoms with Crippen LogP contribution in [0.1, 0.15) is 34.1 Å². The Morgan fingerprint density at radius 2 is 1.70 bits per heavy atom. The van der Waals surface area contributed by atoms with Gasteiger partial charge in [0.1, 0.15) is 4.88 Å². The first kappa shape index (κ1) is 17.9. The number of benzene rings is 2. The zero-order valence-electron chi connectivity index (χ0n) is 15.2. The van der Waals surface area contributed by atoms with Gasteiger partial charge in [0.2, 0.25) is 0 Å². The minimum Gasteiger partial charge on any atom is -0.349 e. The summed E-state index contributed by atoms with van der Waals surface area (Å²) < 4.78 is 0.